The normalized spacial score (nSPS) is 18.9. The van der Waals surface area contributed by atoms with Gasteiger partial charge in [0.1, 0.15) is 0 Å². The van der Waals surface area contributed by atoms with Gasteiger partial charge < -0.3 is 15.0 Å². The molecule has 24 heavy (non-hydrogen) atoms. The Morgan fingerprint density at radius 3 is 2.75 bits per heavy atom. The number of nitrogens with one attached hydrogen (secondary N) is 1. The zero-order chi connectivity index (χ0) is 16.9. The first-order valence-corrected chi connectivity index (χ1v) is 8.71. The Kier molecular flexibility index (Phi) is 5.71. The number of anilines is 1. The summed E-state index contributed by atoms with van der Waals surface area (Å²) in [5.41, 5.74) is 1.10. The maximum atomic E-state index is 12.5. The maximum Gasteiger partial charge on any atom is 0.253 e. The van der Waals surface area contributed by atoms with Crippen molar-refractivity contribution in [3.05, 3.63) is 28.8 Å². The lowest BCUT2D eigenvalue weighted by Gasteiger charge is -2.26. The summed E-state index contributed by atoms with van der Waals surface area (Å²) in [5, 5.41) is 3.46. The number of benzene rings is 1. The molecule has 0 saturated carbocycles. The van der Waals surface area contributed by atoms with Gasteiger partial charge in [-0.25, -0.2) is 0 Å². The van der Waals surface area contributed by atoms with Crippen molar-refractivity contribution in [2.75, 3.05) is 50.8 Å². The van der Waals surface area contributed by atoms with Gasteiger partial charge in [0.2, 0.25) is 5.91 Å². The van der Waals surface area contributed by atoms with E-state index in [0.29, 0.717) is 35.8 Å². The zero-order valence-electron chi connectivity index (χ0n) is 13.6. The molecular weight excluding hydrogens is 330 g/mol. The Labute approximate surface area is 146 Å². The SMILES string of the molecule is O=C(NCCN1CCOCC1)c1ccc(Cl)cc1N1CCCC1=O. The first-order valence-electron chi connectivity index (χ1n) is 8.33. The summed E-state index contributed by atoms with van der Waals surface area (Å²) >= 11 is 6.07. The highest BCUT2D eigenvalue weighted by Gasteiger charge is 2.26. The fourth-order valence-electron chi connectivity index (χ4n) is 3.07. The summed E-state index contributed by atoms with van der Waals surface area (Å²) in [4.78, 5) is 28.5. The smallest absolute Gasteiger partial charge is 0.253 e. The van der Waals surface area contributed by atoms with E-state index in [1.807, 2.05) is 0 Å². The number of rotatable bonds is 5. The van der Waals surface area contributed by atoms with E-state index in [9.17, 15) is 9.59 Å². The van der Waals surface area contributed by atoms with Crippen molar-refractivity contribution in [1.29, 1.82) is 0 Å². The lowest BCUT2D eigenvalue weighted by Crippen LogP contribution is -2.41. The van der Waals surface area contributed by atoms with Crippen LogP contribution >= 0.6 is 11.6 Å². The van der Waals surface area contributed by atoms with Gasteiger partial charge in [0.25, 0.3) is 5.91 Å². The van der Waals surface area contributed by atoms with Gasteiger partial charge in [-0.3, -0.25) is 14.5 Å². The third kappa shape index (κ3) is 4.06. The predicted octanol–water partition coefficient (Wildman–Crippen LogP) is 1.53. The Morgan fingerprint density at radius 2 is 2.04 bits per heavy atom. The molecule has 0 spiro atoms. The van der Waals surface area contributed by atoms with Gasteiger partial charge >= 0.3 is 0 Å². The van der Waals surface area contributed by atoms with Crippen molar-refractivity contribution in [3.63, 3.8) is 0 Å². The van der Waals surface area contributed by atoms with Gasteiger partial charge in [0, 0.05) is 44.2 Å². The summed E-state index contributed by atoms with van der Waals surface area (Å²) in [6.45, 7) is 5.26. The molecule has 0 unspecified atom stereocenters. The summed E-state index contributed by atoms with van der Waals surface area (Å²) in [6.07, 6.45) is 1.33. The van der Waals surface area contributed by atoms with Crippen molar-refractivity contribution in [3.8, 4) is 0 Å². The summed E-state index contributed by atoms with van der Waals surface area (Å²) in [7, 11) is 0. The van der Waals surface area contributed by atoms with E-state index in [2.05, 4.69) is 10.2 Å². The van der Waals surface area contributed by atoms with Crippen LogP contribution in [0.4, 0.5) is 5.69 Å². The van der Waals surface area contributed by atoms with Crippen molar-refractivity contribution < 1.29 is 14.3 Å². The number of hydrogen-bond acceptors (Lipinski definition) is 4. The Balaban J connectivity index is 1.64. The molecule has 2 amide bonds. The number of halogens is 1. The summed E-state index contributed by atoms with van der Waals surface area (Å²) < 4.78 is 5.31. The minimum atomic E-state index is -0.172. The molecule has 0 aromatic heterocycles. The van der Waals surface area contributed by atoms with Crippen LogP contribution in [0.1, 0.15) is 23.2 Å². The molecule has 2 aliphatic heterocycles. The van der Waals surface area contributed by atoms with Crippen LogP contribution in [0.15, 0.2) is 18.2 Å². The fraction of sp³-hybridized carbons (Fsp3) is 0.529. The summed E-state index contributed by atoms with van der Waals surface area (Å²) in [6, 6.07) is 5.07. The van der Waals surface area contributed by atoms with Gasteiger partial charge in [-0.2, -0.15) is 0 Å². The number of amides is 2. The molecular formula is C17H22ClN3O3. The van der Waals surface area contributed by atoms with Crippen LogP contribution in [-0.2, 0) is 9.53 Å². The minimum Gasteiger partial charge on any atom is -0.379 e. The third-order valence-corrected chi connectivity index (χ3v) is 4.62. The minimum absolute atomic E-state index is 0.0413. The van der Waals surface area contributed by atoms with Gasteiger partial charge in [0.15, 0.2) is 0 Å². The van der Waals surface area contributed by atoms with Crippen LogP contribution in [0.5, 0.6) is 0 Å². The van der Waals surface area contributed by atoms with Crippen molar-refractivity contribution in [2.45, 2.75) is 12.8 Å². The number of carbonyl (C=O) groups excluding carboxylic acids is 2. The molecule has 7 heteroatoms. The molecule has 1 aromatic rings. The topological polar surface area (TPSA) is 61.9 Å². The number of carbonyl (C=O) groups is 2. The van der Waals surface area contributed by atoms with Crippen LogP contribution in [-0.4, -0.2) is 62.7 Å². The second-order valence-corrected chi connectivity index (χ2v) is 6.46. The van der Waals surface area contributed by atoms with E-state index in [4.69, 9.17) is 16.3 Å². The van der Waals surface area contributed by atoms with Gasteiger partial charge in [-0.1, -0.05) is 11.6 Å². The molecule has 2 fully saturated rings. The second kappa shape index (κ2) is 7.96. The van der Waals surface area contributed by atoms with E-state index in [1.165, 1.54) is 0 Å². The lowest BCUT2D eigenvalue weighted by atomic mass is 10.1. The van der Waals surface area contributed by atoms with Crippen LogP contribution in [0, 0.1) is 0 Å². The van der Waals surface area contributed by atoms with Crippen molar-refractivity contribution in [2.24, 2.45) is 0 Å². The predicted molar refractivity (Wildman–Crippen MR) is 92.6 cm³/mol. The summed E-state index contributed by atoms with van der Waals surface area (Å²) in [5.74, 6) is -0.130. The average Bonchev–Trinajstić information content (AvgIpc) is 3.01. The number of nitrogens with zero attached hydrogens (tertiary/aromatic N) is 2. The molecule has 0 aliphatic carbocycles. The van der Waals surface area contributed by atoms with Crippen molar-refractivity contribution in [1.82, 2.24) is 10.2 Å². The molecule has 2 aliphatic rings. The van der Waals surface area contributed by atoms with Gasteiger partial charge in [-0.05, 0) is 24.6 Å². The molecule has 1 aromatic carbocycles. The molecule has 0 atom stereocenters. The van der Waals surface area contributed by atoms with Crippen LogP contribution in [0.25, 0.3) is 0 Å². The molecule has 1 N–H and O–H groups in total. The van der Waals surface area contributed by atoms with Gasteiger partial charge in [-0.15, -0.1) is 0 Å². The average molecular weight is 352 g/mol. The van der Waals surface area contributed by atoms with Gasteiger partial charge in [0.05, 0.1) is 24.5 Å². The first-order chi connectivity index (χ1) is 11.6. The van der Waals surface area contributed by atoms with E-state index in [0.717, 1.165) is 39.3 Å². The standard InChI is InChI=1S/C17H22ClN3O3/c18-13-3-4-14(15(12-13)21-6-1-2-16(21)22)17(23)19-5-7-20-8-10-24-11-9-20/h3-4,12H,1-2,5-11H2,(H,19,23). The molecule has 130 valence electrons. The van der Waals surface area contributed by atoms with E-state index in [-0.39, 0.29) is 11.8 Å². The highest BCUT2D eigenvalue weighted by molar-refractivity contribution is 6.31. The molecule has 6 nitrogen and oxygen atoms in total. The number of ether oxygens (including phenoxy) is 1. The number of morpholine rings is 1. The van der Waals surface area contributed by atoms with Crippen LogP contribution in [0.2, 0.25) is 5.02 Å². The van der Waals surface area contributed by atoms with E-state index in [1.54, 1.807) is 23.1 Å². The van der Waals surface area contributed by atoms with Crippen LogP contribution in [0.3, 0.4) is 0 Å². The number of hydrogen-bond donors (Lipinski definition) is 1. The molecule has 2 heterocycles. The van der Waals surface area contributed by atoms with Crippen molar-refractivity contribution >= 4 is 29.1 Å². The second-order valence-electron chi connectivity index (χ2n) is 6.02. The van der Waals surface area contributed by atoms with E-state index < -0.39 is 0 Å². The third-order valence-electron chi connectivity index (χ3n) is 4.39. The maximum absolute atomic E-state index is 12.5. The van der Waals surface area contributed by atoms with E-state index >= 15 is 0 Å². The molecule has 3 rings (SSSR count). The Bertz CT molecular complexity index is 617. The first kappa shape index (κ1) is 17.2. The highest BCUT2D eigenvalue weighted by atomic mass is 35.5. The molecule has 0 bridgehead atoms. The highest BCUT2D eigenvalue weighted by Crippen LogP contribution is 2.28. The Morgan fingerprint density at radius 1 is 1.25 bits per heavy atom. The quantitative estimate of drug-likeness (QED) is 0.874. The fourth-order valence-corrected chi connectivity index (χ4v) is 3.24. The zero-order valence-corrected chi connectivity index (χ0v) is 14.3. The monoisotopic (exact) mass is 351 g/mol. The van der Waals surface area contributed by atoms with Crippen LogP contribution < -0.4 is 10.2 Å². The Hall–Kier alpha value is -1.63. The lowest BCUT2D eigenvalue weighted by molar-refractivity contribution is -0.117. The molecule has 0 radical (unpaired) electrons. The largest absolute Gasteiger partial charge is 0.379 e. The molecule has 2 saturated heterocycles.